The van der Waals surface area contributed by atoms with Gasteiger partial charge in [-0.1, -0.05) is 147 Å². The zero-order chi connectivity index (χ0) is 30.8. The lowest BCUT2D eigenvalue weighted by molar-refractivity contribution is 0.661. The molecule has 0 amide bonds. The minimum Gasteiger partial charge on any atom is -0.208 e. The molecule has 218 valence electrons. The van der Waals surface area contributed by atoms with E-state index in [1.54, 1.807) is 0 Å². The van der Waals surface area contributed by atoms with Crippen LogP contribution >= 0.6 is 11.3 Å². The first kappa shape index (κ1) is 26.9. The van der Waals surface area contributed by atoms with Crippen LogP contribution in [-0.2, 0) is 5.41 Å². The second kappa shape index (κ2) is 10.3. The molecule has 0 saturated carbocycles. The zero-order valence-electron chi connectivity index (χ0n) is 25.5. The topological polar surface area (TPSA) is 38.7 Å². The van der Waals surface area contributed by atoms with Gasteiger partial charge in [0.25, 0.3) is 0 Å². The molecule has 46 heavy (non-hydrogen) atoms. The number of hydrogen-bond acceptors (Lipinski definition) is 4. The van der Waals surface area contributed by atoms with Crippen molar-refractivity contribution in [3.8, 4) is 56.4 Å². The fraction of sp³-hybridized carbons (Fsp3) is 0.0714. The Morgan fingerprint density at radius 1 is 0.435 bits per heavy atom. The normalized spacial score (nSPS) is 13.2. The lowest BCUT2D eigenvalue weighted by atomic mass is 9.82. The number of nitrogens with zero attached hydrogens (tertiary/aromatic N) is 3. The third-order valence-corrected chi connectivity index (χ3v) is 10.6. The number of rotatable bonds is 4. The van der Waals surface area contributed by atoms with E-state index in [4.69, 9.17) is 15.0 Å². The lowest BCUT2D eigenvalue weighted by Crippen LogP contribution is -2.14. The van der Waals surface area contributed by atoms with E-state index in [1.807, 2.05) is 72.0 Å². The van der Waals surface area contributed by atoms with Crippen LogP contribution in [0.2, 0.25) is 0 Å². The molecular weight excluding hydrogens is 579 g/mol. The van der Waals surface area contributed by atoms with Crippen LogP contribution in [0, 0.1) is 0 Å². The zero-order valence-corrected chi connectivity index (χ0v) is 26.3. The van der Waals surface area contributed by atoms with Gasteiger partial charge in [0, 0.05) is 47.8 Å². The van der Waals surface area contributed by atoms with E-state index in [0.29, 0.717) is 17.5 Å². The Morgan fingerprint density at radius 2 is 0.978 bits per heavy atom. The number of fused-ring (bicyclic) bond motifs is 7. The molecule has 2 heterocycles. The largest absolute Gasteiger partial charge is 0.208 e. The van der Waals surface area contributed by atoms with Crippen molar-refractivity contribution in [3.63, 3.8) is 0 Å². The predicted molar refractivity (Wildman–Crippen MR) is 192 cm³/mol. The predicted octanol–water partition coefficient (Wildman–Crippen LogP) is 11.2. The highest BCUT2D eigenvalue weighted by Gasteiger charge is 2.36. The summed E-state index contributed by atoms with van der Waals surface area (Å²) >= 11 is 1.91. The molecule has 1 aliphatic carbocycles. The van der Waals surface area contributed by atoms with Gasteiger partial charge in [-0.2, -0.15) is 0 Å². The number of thiophene rings is 1. The highest BCUT2D eigenvalue weighted by Crippen LogP contribution is 2.54. The summed E-state index contributed by atoms with van der Waals surface area (Å²) in [5.41, 5.74) is 10.8. The molecule has 2 aromatic heterocycles. The van der Waals surface area contributed by atoms with Crippen LogP contribution in [0.4, 0.5) is 0 Å². The molecule has 0 radical (unpaired) electrons. The minimum absolute atomic E-state index is 0.0187. The average Bonchev–Trinajstić information content (AvgIpc) is 3.61. The molecule has 0 atom stereocenters. The molecular formula is C42H29N3S. The summed E-state index contributed by atoms with van der Waals surface area (Å²) in [6.07, 6.45) is 0. The van der Waals surface area contributed by atoms with Crippen LogP contribution in [0.3, 0.4) is 0 Å². The van der Waals surface area contributed by atoms with Gasteiger partial charge in [-0.25, -0.2) is 15.0 Å². The monoisotopic (exact) mass is 607 g/mol. The molecule has 0 spiro atoms. The highest BCUT2D eigenvalue weighted by atomic mass is 32.1. The van der Waals surface area contributed by atoms with Gasteiger partial charge >= 0.3 is 0 Å². The Labute approximate surface area is 271 Å². The van der Waals surface area contributed by atoms with Crippen molar-refractivity contribution in [3.05, 3.63) is 151 Å². The fourth-order valence-electron chi connectivity index (χ4n) is 7.03. The summed E-state index contributed by atoms with van der Waals surface area (Å²) in [6.45, 7) is 4.70. The van der Waals surface area contributed by atoms with Crippen molar-refractivity contribution in [2.75, 3.05) is 0 Å². The van der Waals surface area contributed by atoms with Crippen LogP contribution in [0.1, 0.15) is 25.0 Å². The van der Waals surface area contributed by atoms with Gasteiger partial charge in [0.2, 0.25) is 0 Å². The van der Waals surface area contributed by atoms with E-state index < -0.39 is 0 Å². The lowest BCUT2D eigenvalue weighted by Gasteiger charge is -2.21. The van der Waals surface area contributed by atoms with Gasteiger partial charge in [-0.3, -0.25) is 0 Å². The standard InChI is InChI=1S/C42H29N3S/c1-42(2)34-22-10-9-19-33(34)36-35(42)24-23-32-31-21-12-20-30(37(31)46-38(32)36)28-17-11-18-29(25-28)41-44-39(26-13-5-3-6-14-26)43-40(45-41)27-15-7-4-8-16-27/h3-25H,1-2H3. The molecule has 9 rings (SSSR count). The summed E-state index contributed by atoms with van der Waals surface area (Å²) in [4.78, 5) is 14.9. The Kier molecular flexibility index (Phi) is 6.02. The van der Waals surface area contributed by atoms with Crippen molar-refractivity contribution in [2.45, 2.75) is 19.3 Å². The Hall–Kier alpha value is -5.45. The average molecular weight is 608 g/mol. The Bertz CT molecular complexity index is 2380. The highest BCUT2D eigenvalue weighted by molar-refractivity contribution is 7.27. The van der Waals surface area contributed by atoms with Crippen molar-refractivity contribution in [1.82, 2.24) is 15.0 Å². The van der Waals surface area contributed by atoms with Crippen molar-refractivity contribution in [1.29, 1.82) is 0 Å². The van der Waals surface area contributed by atoms with Crippen molar-refractivity contribution in [2.24, 2.45) is 0 Å². The van der Waals surface area contributed by atoms with E-state index in [9.17, 15) is 0 Å². The first-order valence-corrected chi connectivity index (χ1v) is 16.4. The molecule has 8 aromatic rings. The van der Waals surface area contributed by atoms with Crippen LogP contribution in [0.25, 0.3) is 76.6 Å². The first-order chi connectivity index (χ1) is 22.6. The van der Waals surface area contributed by atoms with Crippen LogP contribution < -0.4 is 0 Å². The summed E-state index contributed by atoms with van der Waals surface area (Å²) in [7, 11) is 0. The van der Waals surface area contributed by atoms with E-state index in [-0.39, 0.29) is 5.41 Å². The molecule has 0 fully saturated rings. The van der Waals surface area contributed by atoms with Gasteiger partial charge in [-0.15, -0.1) is 11.3 Å². The van der Waals surface area contributed by atoms with Crippen molar-refractivity contribution < 1.29 is 0 Å². The molecule has 0 N–H and O–H groups in total. The number of aromatic nitrogens is 3. The summed E-state index contributed by atoms with van der Waals surface area (Å²) in [6, 6.07) is 49.2. The molecule has 1 aliphatic rings. The van der Waals surface area contributed by atoms with E-state index in [1.165, 1.54) is 48.0 Å². The van der Waals surface area contributed by atoms with Gasteiger partial charge in [0.15, 0.2) is 17.5 Å². The SMILES string of the molecule is CC1(C)c2ccccc2-c2c1ccc1c2sc2c(-c3cccc(-c4nc(-c5ccccc5)nc(-c5ccccc5)n4)c3)cccc21. The maximum atomic E-state index is 4.99. The molecule has 4 heteroatoms. The minimum atomic E-state index is -0.0187. The Morgan fingerprint density at radius 3 is 1.70 bits per heavy atom. The van der Waals surface area contributed by atoms with E-state index >= 15 is 0 Å². The molecule has 6 aromatic carbocycles. The third kappa shape index (κ3) is 4.14. The van der Waals surface area contributed by atoms with Crippen LogP contribution in [-0.4, -0.2) is 15.0 Å². The van der Waals surface area contributed by atoms with E-state index in [2.05, 4.69) is 92.7 Å². The first-order valence-electron chi connectivity index (χ1n) is 15.6. The summed E-state index contributed by atoms with van der Waals surface area (Å²) in [5.74, 6) is 1.99. The van der Waals surface area contributed by atoms with Crippen molar-refractivity contribution >= 4 is 31.5 Å². The quantitative estimate of drug-likeness (QED) is 0.200. The molecule has 3 nitrogen and oxygen atoms in total. The summed E-state index contributed by atoms with van der Waals surface area (Å²) < 4.78 is 2.67. The maximum absolute atomic E-state index is 4.99. The summed E-state index contributed by atoms with van der Waals surface area (Å²) in [5, 5.41) is 2.62. The van der Waals surface area contributed by atoms with Crippen LogP contribution in [0.5, 0.6) is 0 Å². The van der Waals surface area contributed by atoms with Crippen LogP contribution in [0.15, 0.2) is 140 Å². The second-order valence-corrected chi connectivity index (χ2v) is 13.5. The van der Waals surface area contributed by atoms with Gasteiger partial charge in [0.05, 0.1) is 0 Å². The molecule has 0 saturated heterocycles. The third-order valence-electron chi connectivity index (χ3n) is 9.34. The molecule has 0 unspecified atom stereocenters. The molecule has 0 bridgehead atoms. The number of benzene rings is 6. The number of hydrogen-bond donors (Lipinski definition) is 0. The van der Waals surface area contributed by atoms with E-state index in [0.717, 1.165) is 22.3 Å². The van der Waals surface area contributed by atoms with Gasteiger partial charge in [-0.05, 0) is 33.9 Å². The fourth-order valence-corrected chi connectivity index (χ4v) is 8.43. The smallest absolute Gasteiger partial charge is 0.164 e. The van der Waals surface area contributed by atoms with Gasteiger partial charge < -0.3 is 0 Å². The second-order valence-electron chi connectivity index (χ2n) is 12.4. The molecule has 0 aliphatic heterocycles. The maximum Gasteiger partial charge on any atom is 0.164 e. The Balaban J connectivity index is 1.22. The van der Waals surface area contributed by atoms with Gasteiger partial charge in [0.1, 0.15) is 0 Å².